The molecule has 10 heteroatoms. The van der Waals surface area contributed by atoms with Crippen molar-refractivity contribution in [1.29, 1.82) is 0 Å². The fourth-order valence-corrected chi connectivity index (χ4v) is 3.06. The predicted octanol–water partition coefficient (Wildman–Crippen LogP) is 5.92. The van der Waals surface area contributed by atoms with Gasteiger partial charge in [-0.05, 0) is 55.5 Å². The van der Waals surface area contributed by atoms with Gasteiger partial charge in [-0.2, -0.15) is 0 Å². The lowest BCUT2D eigenvalue weighted by Gasteiger charge is -2.14. The van der Waals surface area contributed by atoms with Crippen LogP contribution in [0, 0.1) is 5.82 Å². The normalized spacial score (nSPS) is 10.4. The van der Waals surface area contributed by atoms with Gasteiger partial charge in [0.05, 0.1) is 16.7 Å². The first-order valence-corrected chi connectivity index (χ1v) is 9.94. The molecule has 2 N–H and O–H groups in total. The molecular formula is C22H16Cl2FNO6. The van der Waals surface area contributed by atoms with Gasteiger partial charge in [0, 0.05) is 11.8 Å². The second kappa shape index (κ2) is 10.2. The highest BCUT2D eigenvalue weighted by atomic mass is 35.5. The number of rotatable bonds is 6. The van der Waals surface area contributed by atoms with Crippen molar-refractivity contribution in [2.45, 2.75) is 6.92 Å². The number of nitrogens with one attached hydrogen (secondary N) is 1. The Balaban J connectivity index is 1.78. The zero-order valence-corrected chi connectivity index (χ0v) is 18.0. The Morgan fingerprint density at radius 3 is 2.22 bits per heavy atom. The Labute approximate surface area is 192 Å². The number of carbonyl (C=O) groups is 2. The van der Waals surface area contributed by atoms with Crippen LogP contribution in [0.5, 0.6) is 28.7 Å². The first-order chi connectivity index (χ1) is 15.3. The van der Waals surface area contributed by atoms with Crippen molar-refractivity contribution in [3.05, 3.63) is 70.5 Å². The predicted molar refractivity (Wildman–Crippen MR) is 116 cm³/mol. The van der Waals surface area contributed by atoms with E-state index in [4.69, 9.17) is 32.7 Å². The average Bonchev–Trinajstić information content (AvgIpc) is 2.74. The van der Waals surface area contributed by atoms with E-state index in [1.54, 1.807) is 6.92 Å². The zero-order valence-electron chi connectivity index (χ0n) is 16.5. The van der Waals surface area contributed by atoms with Crippen LogP contribution in [0.4, 0.5) is 10.1 Å². The average molecular weight is 480 g/mol. The molecule has 7 nitrogen and oxygen atoms in total. The maximum absolute atomic E-state index is 13.1. The smallest absolute Gasteiger partial charge is 0.397 e. The third-order valence-electron chi connectivity index (χ3n) is 3.91. The third-order valence-corrected chi connectivity index (χ3v) is 4.47. The summed E-state index contributed by atoms with van der Waals surface area (Å²) in [5, 5.41) is 12.5. The van der Waals surface area contributed by atoms with E-state index in [0.29, 0.717) is 5.75 Å². The Kier molecular flexibility index (Phi) is 7.40. The number of esters is 1. The molecule has 0 aromatic heterocycles. The van der Waals surface area contributed by atoms with Crippen molar-refractivity contribution in [3.63, 3.8) is 0 Å². The maximum atomic E-state index is 13.1. The minimum atomic E-state index is -1.04. The summed E-state index contributed by atoms with van der Waals surface area (Å²) in [6.45, 7) is 1.63. The van der Waals surface area contributed by atoms with E-state index in [0.717, 1.165) is 0 Å². The number of aromatic hydroxyl groups is 1. The van der Waals surface area contributed by atoms with E-state index in [2.05, 4.69) is 10.1 Å². The van der Waals surface area contributed by atoms with Gasteiger partial charge in [-0.3, -0.25) is 4.79 Å². The second-order valence-electron chi connectivity index (χ2n) is 6.23. The van der Waals surface area contributed by atoms with Gasteiger partial charge in [0.1, 0.15) is 17.3 Å². The Morgan fingerprint density at radius 1 is 0.969 bits per heavy atom. The molecule has 0 aliphatic rings. The lowest BCUT2D eigenvalue weighted by atomic mass is 10.2. The van der Waals surface area contributed by atoms with Crippen LogP contribution in [-0.2, 0) is 14.3 Å². The molecule has 0 radical (unpaired) electrons. The number of hydrogen-bond donors (Lipinski definition) is 2. The molecule has 3 rings (SSSR count). The zero-order chi connectivity index (χ0) is 23.3. The molecule has 0 saturated heterocycles. The van der Waals surface area contributed by atoms with Crippen molar-refractivity contribution in [2.75, 3.05) is 11.9 Å². The number of hydrogen-bond acceptors (Lipinski definition) is 6. The van der Waals surface area contributed by atoms with E-state index in [1.165, 1.54) is 54.6 Å². The van der Waals surface area contributed by atoms with Crippen LogP contribution < -0.4 is 14.8 Å². The lowest BCUT2D eigenvalue weighted by Crippen LogP contribution is -2.24. The number of phenols is 1. The number of carbonyl (C=O) groups excluding carboxylic acids is 2. The standard InChI is InChI=1S/C22H16Cl2FNO6/c1-2-30-22(29)21(28)26-13-9-16(23)20(17(24)10-13)32-15-7-8-18(27)19(11-15)31-14-5-3-12(25)4-6-14/h3-11,27H,2H2,1H3,(H,26,28). The van der Waals surface area contributed by atoms with Crippen LogP contribution in [0.25, 0.3) is 0 Å². The Bertz CT molecular complexity index is 1130. The Morgan fingerprint density at radius 2 is 1.59 bits per heavy atom. The first-order valence-electron chi connectivity index (χ1n) is 9.18. The van der Waals surface area contributed by atoms with E-state index in [9.17, 15) is 19.1 Å². The third kappa shape index (κ3) is 5.81. The highest BCUT2D eigenvalue weighted by molar-refractivity contribution is 6.39. The van der Waals surface area contributed by atoms with Crippen LogP contribution >= 0.6 is 23.2 Å². The summed E-state index contributed by atoms with van der Waals surface area (Å²) >= 11 is 12.5. The van der Waals surface area contributed by atoms with Crippen LogP contribution in [0.1, 0.15) is 6.92 Å². The van der Waals surface area contributed by atoms with Crippen molar-refractivity contribution in [2.24, 2.45) is 0 Å². The number of phenolic OH excluding ortho intramolecular Hbond substituents is 1. The molecule has 0 heterocycles. The van der Waals surface area contributed by atoms with Crippen molar-refractivity contribution >= 4 is 40.8 Å². The SMILES string of the molecule is CCOC(=O)C(=O)Nc1cc(Cl)c(Oc2ccc(O)c(Oc3ccc(F)cc3)c2)c(Cl)c1. The fourth-order valence-electron chi connectivity index (χ4n) is 2.50. The molecule has 0 aliphatic carbocycles. The van der Waals surface area contributed by atoms with Gasteiger partial charge in [0.15, 0.2) is 17.2 Å². The van der Waals surface area contributed by atoms with Gasteiger partial charge in [-0.1, -0.05) is 23.2 Å². The minimum Gasteiger partial charge on any atom is -0.504 e. The molecule has 1 amide bonds. The molecule has 166 valence electrons. The van der Waals surface area contributed by atoms with Gasteiger partial charge in [-0.15, -0.1) is 0 Å². The maximum Gasteiger partial charge on any atom is 0.397 e. The summed E-state index contributed by atoms with van der Waals surface area (Å²) < 4.78 is 29.0. The highest BCUT2D eigenvalue weighted by Gasteiger charge is 2.18. The van der Waals surface area contributed by atoms with E-state index in [1.807, 2.05) is 0 Å². The van der Waals surface area contributed by atoms with E-state index in [-0.39, 0.29) is 45.3 Å². The number of ether oxygens (including phenoxy) is 3. The highest BCUT2D eigenvalue weighted by Crippen LogP contribution is 2.41. The summed E-state index contributed by atoms with van der Waals surface area (Å²) in [5.74, 6) is -1.96. The lowest BCUT2D eigenvalue weighted by molar-refractivity contribution is -0.152. The van der Waals surface area contributed by atoms with Crippen molar-refractivity contribution < 1.29 is 33.3 Å². The largest absolute Gasteiger partial charge is 0.504 e. The summed E-state index contributed by atoms with van der Waals surface area (Å²) in [4.78, 5) is 23.2. The number of amides is 1. The molecule has 0 atom stereocenters. The quantitative estimate of drug-likeness (QED) is 0.336. The van der Waals surface area contributed by atoms with Gasteiger partial charge in [0.2, 0.25) is 0 Å². The van der Waals surface area contributed by atoms with Crippen LogP contribution in [0.3, 0.4) is 0 Å². The molecule has 0 saturated carbocycles. The molecule has 32 heavy (non-hydrogen) atoms. The van der Waals surface area contributed by atoms with Crippen molar-refractivity contribution in [3.8, 4) is 28.7 Å². The molecule has 0 bridgehead atoms. The fraction of sp³-hybridized carbons (Fsp3) is 0.0909. The molecule has 3 aromatic carbocycles. The Hall–Kier alpha value is -3.49. The summed E-state index contributed by atoms with van der Waals surface area (Å²) in [6, 6.07) is 12.1. The molecule has 0 aliphatic heterocycles. The van der Waals surface area contributed by atoms with Gasteiger partial charge < -0.3 is 24.6 Å². The van der Waals surface area contributed by atoms with Gasteiger partial charge in [0.25, 0.3) is 0 Å². The molecular weight excluding hydrogens is 464 g/mol. The van der Waals surface area contributed by atoms with Gasteiger partial charge in [-0.25, -0.2) is 9.18 Å². The topological polar surface area (TPSA) is 94.1 Å². The monoisotopic (exact) mass is 479 g/mol. The molecule has 0 spiro atoms. The van der Waals surface area contributed by atoms with Crippen LogP contribution in [-0.4, -0.2) is 23.6 Å². The molecule has 3 aromatic rings. The summed E-state index contributed by atoms with van der Waals surface area (Å²) in [5.41, 5.74) is 0.163. The number of halogens is 3. The number of benzene rings is 3. The van der Waals surface area contributed by atoms with Gasteiger partial charge >= 0.3 is 11.9 Å². The van der Waals surface area contributed by atoms with Crippen LogP contribution in [0.15, 0.2) is 54.6 Å². The van der Waals surface area contributed by atoms with E-state index < -0.39 is 17.7 Å². The number of anilines is 1. The van der Waals surface area contributed by atoms with Crippen LogP contribution in [0.2, 0.25) is 10.0 Å². The summed E-state index contributed by atoms with van der Waals surface area (Å²) in [7, 11) is 0. The molecule has 0 fully saturated rings. The first kappa shape index (κ1) is 23.2. The summed E-state index contributed by atoms with van der Waals surface area (Å²) in [6.07, 6.45) is 0. The minimum absolute atomic E-state index is 0.0470. The van der Waals surface area contributed by atoms with E-state index >= 15 is 0 Å². The molecule has 0 unspecified atom stereocenters. The second-order valence-corrected chi connectivity index (χ2v) is 7.05. The van der Waals surface area contributed by atoms with Crippen molar-refractivity contribution in [1.82, 2.24) is 0 Å².